The quantitative estimate of drug-likeness (QED) is 0.843. The highest BCUT2D eigenvalue weighted by Gasteiger charge is 2.31. The number of alkyl halides is 3. The average molecular weight is 298 g/mol. The van der Waals surface area contributed by atoms with Crippen LogP contribution >= 0.6 is 0 Å². The number of nitriles is 1. The number of halogens is 3. The monoisotopic (exact) mass is 298 g/mol. The zero-order valence-corrected chi connectivity index (χ0v) is 11.1. The fourth-order valence-electron chi connectivity index (χ4n) is 2.27. The number of nitrogens with zero attached hydrogens (tertiary/aromatic N) is 2. The predicted molar refractivity (Wildman–Crippen MR) is 67.4 cm³/mol. The van der Waals surface area contributed by atoms with E-state index in [1.165, 1.54) is 17.0 Å². The zero-order chi connectivity index (χ0) is 15.5. The number of hydrogen-bond donors (Lipinski definition) is 0. The van der Waals surface area contributed by atoms with Crippen molar-refractivity contribution in [2.45, 2.75) is 31.7 Å². The molecule has 4 nitrogen and oxygen atoms in total. The first-order valence-corrected chi connectivity index (χ1v) is 6.47. The second-order valence-corrected chi connectivity index (χ2v) is 4.71. The number of likely N-dealkylation sites (tertiary alicyclic amines) is 1. The van der Waals surface area contributed by atoms with Crippen molar-refractivity contribution < 1.29 is 22.7 Å². The van der Waals surface area contributed by atoms with E-state index >= 15 is 0 Å². The molecule has 1 fully saturated rings. The molecule has 112 valence electrons. The normalized spacial score (nSPS) is 19.0. The van der Waals surface area contributed by atoms with Crippen molar-refractivity contribution in [2.24, 2.45) is 0 Å². The van der Waals surface area contributed by atoms with Crippen molar-refractivity contribution in [3.05, 3.63) is 29.8 Å². The van der Waals surface area contributed by atoms with Crippen molar-refractivity contribution in [3.63, 3.8) is 0 Å². The van der Waals surface area contributed by atoms with E-state index in [0.29, 0.717) is 13.0 Å². The van der Waals surface area contributed by atoms with Gasteiger partial charge in [-0.1, -0.05) is 0 Å². The summed E-state index contributed by atoms with van der Waals surface area (Å²) in [5.74, 6) is -0.727. The molecule has 1 aliphatic rings. The van der Waals surface area contributed by atoms with Crippen LogP contribution in [-0.2, 0) is 0 Å². The van der Waals surface area contributed by atoms with Gasteiger partial charge < -0.3 is 9.64 Å². The molecule has 1 aromatic rings. The van der Waals surface area contributed by atoms with E-state index in [9.17, 15) is 18.0 Å². The van der Waals surface area contributed by atoms with Crippen molar-refractivity contribution in [1.29, 1.82) is 5.26 Å². The summed E-state index contributed by atoms with van der Waals surface area (Å²) in [5, 5.41) is 9.04. The Kier molecular flexibility index (Phi) is 4.36. The maximum absolute atomic E-state index is 12.3. The van der Waals surface area contributed by atoms with Gasteiger partial charge in [0.05, 0.1) is 6.07 Å². The molecule has 1 heterocycles. The standard InChI is InChI=1S/C14H13F3N2O2/c15-14(16,17)21-12-6-4-10(5-7-12)13(20)19-8-2-1-3-11(19)9-18/h4-7,11H,1-3,8H2. The molecule has 1 unspecified atom stereocenters. The Balaban J connectivity index is 2.11. The fraction of sp³-hybridized carbons (Fsp3) is 0.429. The molecule has 1 atom stereocenters. The molecule has 0 bridgehead atoms. The van der Waals surface area contributed by atoms with Gasteiger partial charge in [0.1, 0.15) is 11.8 Å². The first-order chi connectivity index (χ1) is 9.90. The number of carbonyl (C=O) groups is 1. The molecule has 0 N–H and O–H groups in total. The Hall–Kier alpha value is -2.23. The number of carbonyl (C=O) groups excluding carboxylic acids is 1. The van der Waals surface area contributed by atoms with Gasteiger partial charge >= 0.3 is 6.36 Å². The Bertz CT molecular complexity index is 549. The molecule has 1 aliphatic heterocycles. The van der Waals surface area contributed by atoms with Crippen LogP contribution in [0.25, 0.3) is 0 Å². The molecule has 7 heteroatoms. The van der Waals surface area contributed by atoms with Gasteiger partial charge in [0, 0.05) is 12.1 Å². The molecule has 1 aromatic carbocycles. The van der Waals surface area contributed by atoms with Crippen LogP contribution in [0.5, 0.6) is 5.75 Å². The van der Waals surface area contributed by atoms with Crippen molar-refractivity contribution in [3.8, 4) is 11.8 Å². The van der Waals surface area contributed by atoms with Crippen LogP contribution in [0.4, 0.5) is 13.2 Å². The number of piperidine rings is 1. The second kappa shape index (κ2) is 6.04. The SMILES string of the molecule is N#CC1CCCCN1C(=O)c1ccc(OC(F)(F)F)cc1. The highest BCUT2D eigenvalue weighted by Crippen LogP contribution is 2.24. The van der Waals surface area contributed by atoms with Crippen molar-refractivity contribution in [2.75, 3.05) is 6.54 Å². The van der Waals surface area contributed by atoms with Crippen molar-refractivity contribution >= 4 is 5.91 Å². The third-order valence-corrected chi connectivity index (χ3v) is 3.25. The lowest BCUT2D eigenvalue weighted by Crippen LogP contribution is -2.42. The molecule has 2 rings (SSSR count). The molecular formula is C14H13F3N2O2. The second-order valence-electron chi connectivity index (χ2n) is 4.71. The summed E-state index contributed by atoms with van der Waals surface area (Å²) in [7, 11) is 0. The van der Waals surface area contributed by atoms with E-state index < -0.39 is 12.4 Å². The molecule has 1 amide bonds. The van der Waals surface area contributed by atoms with Crippen LogP contribution in [0.3, 0.4) is 0 Å². The van der Waals surface area contributed by atoms with E-state index in [-0.39, 0.29) is 17.2 Å². The van der Waals surface area contributed by atoms with E-state index in [1.807, 2.05) is 0 Å². The minimum atomic E-state index is -4.76. The van der Waals surface area contributed by atoms with Gasteiger partial charge in [-0.2, -0.15) is 5.26 Å². The van der Waals surface area contributed by atoms with Gasteiger partial charge in [0.2, 0.25) is 0 Å². The average Bonchev–Trinajstić information content (AvgIpc) is 2.45. The molecule has 21 heavy (non-hydrogen) atoms. The third kappa shape index (κ3) is 3.88. The zero-order valence-electron chi connectivity index (χ0n) is 11.1. The van der Waals surface area contributed by atoms with Crippen LogP contribution in [0.1, 0.15) is 29.6 Å². The lowest BCUT2D eigenvalue weighted by atomic mass is 10.0. The minimum absolute atomic E-state index is 0.242. The lowest BCUT2D eigenvalue weighted by Gasteiger charge is -2.31. The van der Waals surface area contributed by atoms with E-state index in [2.05, 4.69) is 10.8 Å². The fourth-order valence-corrected chi connectivity index (χ4v) is 2.27. The summed E-state index contributed by atoms with van der Waals surface area (Å²) in [6.45, 7) is 0.484. The van der Waals surface area contributed by atoms with Gasteiger partial charge in [-0.25, -0.2) is 0 Å². The first kappa shape index (κ1) is 15.2. The first-order valence-electron chi connectivity index (χ1n) is 6.47. The minimum Gasteiger partial charge on any atom is -0.406 e. The number of ether oxygens (including phenoxy) is 1. The summed E-state index contributed by atoms with van der Waals surface area (Å²) >= 11 is 0. The Morgan fingerprint density at radius 2 is 1.95 bits per heavy atom. The van der Waals surface area contributed by atoms with Crippen LogP contribution in [0, 0.1) is 11.3 Å². The number of rotatable bonds is 2. The molecule has 1 saturated heterocycles. The molecule has 0 aliphatic carbocycles. The largest absolute Gasteiger partial charge is 0.573 e. The van der Waals surface area contributed by atoms with E-state index in [4.69, 9.17) is 5.26 Å². The summed E-state index contributed by atoms with van der Waals surface area (Å²) in [5.41, 5.74) is 0.242. The van der Waals surface area contributed by atoms with E-state index in [1.54, 1.807) is 0 Å². The summed E-state index contributed by atoms with van der Waals surface area (Å²) in [6.07, 6.45) is -2.43. The van der Waals surface area contributed by atoms with Crippen LogP contribution in [0.15, 0.2) is 24.3 Å². The third-order valence-electron chi connectivity index (χ3n) is 3.25. The van der Waals surface area contributed by atoms with Gasteiger partial charge in [0.25, 0.3) is 5.91 Å². The van der Waals surface area contributed by atoms with Gasteiger partial charge in [-0.15, -0.1) is 13.2 Å². The number of benzene rings is 1. The number of hydrogen-bond acceptors (Lipinski definition) is 3. The summed E-state index contributed by atoms with van der Waals surface area (Å²) < 4.78 is 39.9. The van der Waals surface area contributed by atoms with Gasteiger partial charge in [-0.05, 0) is 43.5 Å². The Morgan fingerprint density at radius 1 is 1.29 bits per heavy atom. The number of amides is 1. The maximum atomic E-state index is 12.3. The lowest BCUT2D eigenvalue weighted by molar-refractivity contribution is -0.274. The van der Waals surface area contributed by atoms with Crippen molar-refractivity contribution in [1.82, 2.24) is 4.90 Å². The highest BCUT2D eigenvalue weighted by molar-refractivity contribution is 5.94. The summed E-state index contributed by atoms with van der Waals surface area (Å²) in [4.78, 5) is 13.7. The molecular weight excluding hydrogens is 285 g/mol. The summed E-state index contributed by atoms with van der Waals surface area (Å²) in [6, 6.07) is 6.32. The molecule has 0 saturated carbocycles. The van der Waals surface area contributed by atoms with Crippen LogP contribution in [-0.4, -0.2) is 29.8 Å². The molecule has 0 spiro atoms. The van der Waals surface area contributed by atoms with Gasteiger partial charge in [0.15, 0.2) is 0 Å². The van der Waals surface area contributed by atoms with Crippen LogP contribution < -0.4 is 4.74 Å². The van der Waals surface area contributed by atoms with E-state index in [0.717, 1.165) is 25.0 Å². The van der Waals surface area contributed by atoms with Gasteiger partial charge in [-0.3, -0.25) is 4.79 Å². The Morgan fingerprint density at radius 3 is 2.52 bits per heavy atom. The smallest absolute Gasteiger partial charge is 0.406 e. The van der Waals surface area contributed by atoms with Crippen LogP contribution in [0.2, 0.25) is 0 Å². The molecule has 0 radical (unpaired) electrons. The Labute approximate surface area is 119 Å². The highest BCUT2D eigenvalue weighted by atomic mass is 19.4. The topological polar surface area (TPSA) is 53.3 Å². The molecule has 0 aromatic heterocycles. The predicted octanol–water partition coefficient (Wildman–Crippen LogP) is 3.10. The maximum Gasteiger partial charge on any atom is 0.573 e.